The highest BCUT2D eigenvalue weighted by Crippen LogP contribution is 2.30. The van der Waals surface area contributed by atoms with E-state index in [1.807, 2.05) is 55.4 Å². The highest BCUT2D eigenvalue weighted by molar-refractivity contribution is 5.73. The molecule has 0 aromatic heterocycles. The summed E-state index contributed by atoms with van der Waals surface area (Å²) in [6, 6.07) is 0. The molecule has 0 amide bonds. The van der Waals surface area contributed by atoms with Gasteiger partial charge in [-0.05, 0) is 66.6 Å². The molecule has 54 heavy (non-hydrogen) atoms. The molecule has 0 radical (unpaired) electrons. The average Bonchev–Trinajstić information content (AvgIpc) is 3.04. The van der Waals surface area contributed by atoms with Gasteiger partial charge in [-0.2, -0.15) is 0 Å². The molecule has 10 heteroatoms. The van der Waals surface area contributed by atoms with E-state index in [-0.39, 0.29) is 117 Å². The van der Waals surface area contributed by atoms with Crippen LogP contribution in [0.25, 0.3) is 0 Å². The van der Waals surface area contributed by atoms with Gasteiger partial charge in [0, 0.05) is 31.0 Å². The first-order valence-electron chi connectivity index (χ1n) is 20.3. The average molecular weight is 779 g/mol. The zero-order valence-electron chi connectivity index (χ0n) is 37.0. The third-order valence-corrected chi connectivity index (χ3v) is 9.53. The molecular weight excluding hydrogens is 688 g/mol. The van der Waals surface area contributed by atoms with Crippen molar-refractivity contribution in [2.75, 3.05) is 46.2 Å². The lowest BCUT2D eigenvalue weighted by Gasteiger charge is -2.27. The summed E-state index contributed by atoms with van der Waals surface area (Å²) in [5, 5.41) is 36.0. The maximum atomic E-state index is 12.1. The Morgan fingerprint density at radius 3 is 1.11 bits per heavy atom. The van der Waals surface area contributed by atoms with Crippen LogP contribution in [0.4, 0.5) is 0 Å². The van der Waals surface area contributed by atoms with Crippen LogP contribution in [0.5, 0.6) is 0 Å². The first-order valence-corrected chi connectivity index (χ1v) is 20.3. The first-order chi connectivity index (χ1) is 24.3. The van der Waals surface area contributed by atoms with E-state index in [1.54, 1.807) is 0 Å². The third kappa shape index (κ3) is 29.5. The van der Waals surface area contributed by atoms with Gasteiger partial charge < -0.3 is 34.6 Å². The Hall–Kier alpha value is -1.75. The van der Waals surface area contributed by atoms with Crippen molar-refractivity contribution in [1.82, 2.24) is 0 Å². The van der Waals surface area contributed by atoms with Crippen molar-refractivity contribution in [3.05, 3.63) is 0 Å². The second kappa shape index (κ2) is 31.3. The second-order valence-electron chi connectivity index (χ2n) is 18.6. The van der Waals surface area contributed by atoms with Gasteiger partial charge in [-0.3, -0.25) is 14.4 Å². The standard InChI is InChI=1S/C15H30O4.C15H30O3.C13H26O3.CH4/c1-11(2)13(6-7-15(3,4)5)14(18)19-10-12(8-16)9-17;1-7-12(9-16)10-18-14(17)13(11(2)3)8-15(4,5)6;1-6-11(7-14)8-16-13(15)12(9(2)3)10(4)5;/h11-13,16-17H,6-10H2,1-5H3;11-13,16H,7-10H2,1-6H3;9-12,14H,6-8H2,1-5H3;1H4. The van der Waals surface area contributed by atoms with Crippen molar-refractivity contribution in [3.63, 3.8) is 0 Å². The predicted molar refractivity (Wildman–Crippen MR) is 222 cm³/mol. The molecule has 0 saturated carbocycles. The van der Waals surface area contributed by atoms with Gasteiger partial charge in [0.1, 0.15) is 0 Å². The summed E-state index contributed by atoms with van der Waals surface area (Å²) >= 11 is 0. The van der Waals surface area contributed by atoms with Crippen LogP contribution in [-0.4, -0.2) is 84.6 Å². The topological polar surface area (TPSA) is 160 Å². The lowest BCUT2D eigenvalue weighted by atomic mass is 9.80. The van der Waals surface area contributed by atoms with Crippen LogP contribution in [-0.2, 0) is 28.6 Å². The number of hydrogen-bond donors (Lipinski definition) is 4. The molecule has 0 rings (SSSR count). The fourth-order valence-corrected chi connectivity index (χ4v) is 5.55. The van der Waals surface area contributed by atoms with Crippen molar-refractivity contribution < 1.29 is 49.0 Å². The number of carbonyl (C=O) groups excluding carboxylic acids is 3. The Morgan fingerprint density at radius 2 is 0.833 bits per heavy atom. The fraction of sp³-hybridized carbons (Fsp3) is 0.932. The summed E-state index contributed by atoms with van der Waals surface area (Å²) in [5.41, 5.74) is 0.321. The van der Waals surface area contributed by atoms with Crippen LogP contribution in [0.2, 0.25) is 0 Å². The van der Waals surface area contributed by atoms with Crippen molar-refractivity contribution in [1.29, 1.82) is 0 Å². The van der Waals surface area contributed by atoms with Gasteiger partial charge in [0.25, 0.3) is 0 Å². The molecule has 0 spiro atoms. The van der Waals surface area contributed by atoms with Crippen molar-refractivity contribution in [2.45, 2.75) is 150 Å². The van der Waals surface area contributed by atoms with E-state index < -0.39 is 0 Å². The van der Waals surface area contributed by atoms with E-state index in [1.165, 1.54) is 0 Å². The van der Waals surface area contributed by atoms with Crippen LogP contribution in [0.3, 0.4) is 0 Å². The van der Waals surface area contributed by atoms with Crippen molar-refractivity contribution in [2.24, 2.45) is 70.0 Å². The Labute approximate surface area is 332 Å². The van der Waals surface area contributed by atoms with E-state index in [0.29, 0.717) is 25.0 Å². The SMILES string of the molecule is C.CC(C)C(CCC(C)(C)C)C(=O)OCC(CO)CO.CCC(CO)COC(=O)C(C(C)C)C(C)C.CCC(CO)COC(=O)C(CC(C)(C)C)C(C)C. The lowest BCUT2D eigenvalue weighted by Crippen LogP contribution is -2.29. The zero-order valence-corrected chi connectivity index (χ0v) is 37.0. The highest BCUT2D eigenvalue weighted by atomic mass is 16.5. The maximum Gasteiger partial charge on any atom is 0.309 e. The monoisotopic (exact) mass is 779 g/mol. The summed E-state index contributed by atoms with van der Waals surface area (Å²) in [7, 11) is 0. The Kier molecular flexibility index (Phi) is 34.2. The quantitative estimate of drug-likeness (QED) is 0.0619. The number of aliphatic hydroxyl groups is 4. The minimum atomic E-state index is -0.376. The lowest BCUT2D eigenvalue weighted by molar-refractivity contribution is -0.154. The number of rotatable bonds is 22. The Bertz CT molecular complexity index is 913. The van der Waals surface area contributed by atoms with E-state index in [4.69, 9.17) is 34.6 Å². The molecule has 10 nitrogen and oxygen atoms in total. The van der Waals surface area contributed by atoms with Crippen LogP contribution in [0, 0.1) is 70.0 Å². The number of hydrogen-bond acceptors (Lipinski definition) is 10. The van der Waals surface area contributed by atoms with E-state index in [9.17, 15) is 14.4 Å². The van der Waals surface area contributed by atoms with Crippen LogP contribution < -0.4 is 0 Å². The summed E-state index contributed by atoms with van der Waals surface area (Å²) in [5.74, 6) is 0.190. The van der Waals surface area contributed by atoms with Crippen LogP contribution >= 0.6 is 0 Å². The van der Waals surface area contributed by atoms with E-state index in [2.05, 4.69) is 55.4 Å². The van der Waals surface area contributed by atoms with E-state index in [0.717, 1.165) is 32.1 Å². The summed E-state index contributed by atoms with van der Waals surface area (Å²) in [4.78, 5) is 36.0. The summed E-state index contributed by atoms with van der Waals surface area (Å²) in [6.45, 7) is 33.7. The molecule has 0 aliphatic carbocycles. The molecule has 0 saturated heterocycles. The summed E-state index contributed by atoms with van der Waals surface area (Å²) in [6.07, 6.45) is 4.27. The Morgan fingerprint density at radius 1 is 0.500 bits per heavy atom. The molecular formula is C44H90O10. The minimum Gasteiger partial charge on any atom is -0.465 e. The molecule has 4 unspecified atom stereocenters. The van der Waals surface area contributed by atoms with Crippen LogP contribution in [0.1, 0.15) is 150 Å². The molecule has 0 bridgehead atoms. The normalized spacial score (nSPS) is 14.1. The van der Waals surface area contributed by atoms with Gasteiger partial charge in [0.05, 0.1) is 50.8 Å². The highest BCUT2D eigenvalue weighted by Gasteiger charge is 2.30. The number of aliphatic hydroxyl groups excluding tert-OH is 4. The van der Waals surface area contributed by atoms with Crippen molar-refractivity contribution >= 4 is 17.9 Å². The molecule has 4 N–H and O–H groups in total. The Balaban J connectivity index is -0.000000345. The molecule has 0 fully saturated rings. The van der Waals surface area contributed by atoms with Gasteiger partial charge in [0.2, 0.25) is 0 Å². The van der Waals surface area contributed by atoms with Gasteiger partial charge in [-0.1, -0.05) is 118 Å². The minimum absolute atomic E-state index is 0. The third-order valence-electron chi connectivity index (χ3n) is 9.53. The molecule has 0 aliphatic rings. The zero-order chi connectivity index (χ0) is 42.1. The molecule has 0 aliphatic heterocycles. The van der Waals surface area contributed by atoms with Gasteiger partial charge >= 0.3 is 17.9 Å². The van der Waals surface area contributed by atoms with E-state index >= 15 is 0 Å². The predicted octanol–water partition coefficient (Wildman–Crippen LogP) is 8.60. The first kappa shape index (κ1) is 58.9. The molecule has 0 aromatic rings. The molecule has 0 heterocycles. The number of ether oxygens (including phenoxy) is 3. The molecule has 4 atom stereocenters. The van der Waals surface area contributed by atoms with Gasteiger partial charge in [0.15, 0.2) is 0 Å². The van der Waals surface area contributed by atoms with Gasteiger partial charge in [-0.15, -0.1) is 0 Å². The second-order valence-corrected chi connectivity index (χ2v) is 18.6. The van der Waals surface area contributed by atoms with Gasteiger partial charge in [-0.25, -0.2) is 0 Å². The molecule has 0 aromatic carbocycles. The number of carbonyl (C=O) groups is 3. The van der Waals surface area contributed by atoms with Crippen molar-refractivity contribution in [3.8, 4) is 0 Å². The molecule has 326 valence electrons. The largest absolute Gasteiger partial charge is 0.465 e. The fourth-order valence-electron chi connectivity index (χ4n) is 5.55. The summed E-state index contributed by atoms with van der Waals surface area (Å²) < 4.78 is 15.8. The smallest absolute Gasteiger partial charge is 0.309 e. The maximum absolute atomic E-state index is 12.1. The van der Waals surface area contributed by atoms with Crippen LogP contribution in [0.15, 0.2) is 0 Å². The number of esters is 3.